The summed E-state index contributed by atoms with van der Waals surface area (Å²) in [5.74, 6) is -0.500. The molecule has 39 heavy (non-hydrogen) atoms. The van der Waals surface area contributed by atoms with Crippen LogP contribution in [0.3, 0.4) is 0 Å². The molecule has 0 aliphatic carbocycles. The van der Waals surface area contributed by atoms with Crippen LogP contribution in [-0.4, -0.2) is 50.9 Å². The Labute approximate surface area is 235 Å². The second kappa shape index (κ2) is 13.5. The molecule has 10 heteroatoms. The molecule has 0 radical (unpaired) electrons. The highest BCUT2D eigenvalue weighted by molar-refractivity contribution is 7.92. The van der Waals surface area contributed by atoms with E-state index in [1.165, 1.54) is 36.3 Å². The van der Waals surface area contributed by atoms with Crippen molar-refractivity contribution in [2.45, 2.75) is 50.7 Å². The van der Waals surface area contributed by atoms with E-state index in [2.05, 4.69) is 5.32 Å². The number of hydrogen-bond acceptors (Lipinski definition) is 5. The second-order valence-electron chi connectivity index (χ2n) is 9.14. The summed E-state index contributed by atoms with van der Waals surface area (Å²) in [5.41, 5.74) is 0.994. The molecular formula is C29H34ClN3O5S. The highest BCUT2D eigenvalue weighted by Crippen LogP contribution is 2.32. The van der Waals surface area contributed by atoms with Crippen molar-refractivity contribution in [2.75, 3.05) is 18.0 Å². The number of nitrogens with one attached hydrogen (secondary N) is 1. The molecular weight excluding hydrogens is 538 g/mol. The molecule has 3 rings (SSSR count). The number of benzene rings is 3. The number of nitrogens with zero attached hydrogens (tertiary/aromatic N) is 2. The molecule has 0 fully saturated rings. The number of sulfonamides is 1. The number of methoxy groups -OCH3 is 1. The average molecular weight is 572 g/mol. The van der Waals surface area contributed by atoms with Gasteiger partial charge in [-0.15, -0.1) is 0 Å². The third-order valence-corrected chi connectivity index (χ3v) is 8.48. The summed E-state index contributed by atoms with van der Waals surface area (Å²) >= 11 is 6.34. The van der Waals surface area contributed by atoms with Gasteiger partial charge in [0.1, 0.15) is 18.3 Å². The first-order valence-electron chi connectivity index (χ1n) is 12.6. The van der Waals surface area contributed by atoms with E-state index in [-0.39, 0.29) is 34.1 Å². The number of amides is 2. The molecule has 0 aliphatic heterocycles. The lowest BCUT2D eigenvalue weighted by molar-refractivity contribution is -0.139. The third kappa shape index (κ3) is 7.52. The monoisotopic (exact) mass is 571 g/mol. The smallest absolute Gasteiger partial charge is 0.264 e. The molecule has 0 saturated carbocycles. The molecule has 0 saturated heterocycles. The van der Waals surface area contributed by atoms with Crippen LogP contribution in [0.1, 0.15) is 32.8 Å². The van der Waals surface area contributed by atoms with Gasteiger partial charge in [-0.3, -0.25) is 13.9 Å². The predicted molar refractivity (Wildman–Crippen MR) is 153 cm³/mol. The number of anilines is 1. The van der Waals surface area contributed by atoms with Gasteiger partial charge in [0.15, 0.2) is 0 Å². The van der Waals surface area contributed by atoms with Crippen LogP contribution < -0.4 is 14.4 Å². The lowest BCUT2D eigenvalue weighted by atomic mass is 10.1. The van der Waals surface area contributed by atoms with Gasteiger partial charge in [-0.25, -0.2) is 8.42 Å². The van der Waals surface area contributed by atoms with Crippen LogP contribution in [-0.2, 0) is 26.2 Å². The summed E-state index contributed by atoms with van der Waals surface area (Å²) in [7, 11) is -2.72. The van der Waals surface area contributed by atoms with E-state index in [4.69, 9.17) is 16.3 Å². The van der Waals surface area contributed by atoms with E-state index in [9.17, 15) is 18.0 Å². The van der Waals surface area contributed by atoms with Gasteiger partial charge in [0.25, 0.3) is 10.0 Å². The van der Waals surface area contributed by atoms with Gasteiger partial charge in [0.2, 0.25) is 11.8 Å². The summed E-state index contributed by atoms with van der Waals surface area (Å²) < 4.78 is 33.8. The number of hydrogen-bond donors (Lipinski definition) is 1. The molecule has 3 aromatic rings. The molecule has 0 heterocycles. The van der Waals surface area contributed by atoms with Crippen molar-refractivity contribution in [3.63, 3.8) is 0 Å². The van der Waals surface area contributed by atoms with Gasteiger partial charge in [0.05, 0.1) is 22.7 Å². The van der Waals surface area contributed by atoms with Crippen molar-refractivity contribution in [2.24, 2.45) is 0 Å². The van der Waals surface area contributed by atoms with Crippen molar-refractivity contribution < 1.29 is 22.7 Å². The minimum absolute atomic E-state index is 0.0157. The Hall–Kier alpha value is -3.56. The topological polar surface area (TPSA) is 96.0 Å². The fourth-order valence-electron chi connectivity index (χ4n) is 3.89. The van der Waals surface area contributed by atoms with Crippen LogP contribution in [0.4, 0.5) is 5.69 Å². The van der Waals surface area contributed by atoms with E-state index < -0.39 is 28.5 Å². The maximum absolute atomic E-state index is 13.9. The van der Waals surface area contributed by atoms with E-state index in [0.29, 0.717) is 5.75 Å². The van der Waals surface area contributed by atoms with Gasteiger partial charge in [-0.05, 0) is 56.2 Å². The van der Waals surface area contributed by atoms with Crippen molar-refractivity contribution in [1.82, 2.24) is 10.2 Å². The van der Waals surface area contributed by atoms with Crippen LogP contribution in [0.2, 0.25) is 5.02 Å². The second-order valence-corrected chi connectivity index (χ2v) is 11.4. The van der Waals surface area contributed by atoms with Crippen LogP contribution in [0, 0.1) is 0 Å². The molecule has 208 valence electrons. The van der Waals surface area contributed by atoms with Gasteiger partial charge < -0.3 is 15.0 Å². The van der Waals surface area contributed by atoms with Gasteiger partial charge >= 0.3 is 0 Å². The standard InChI is InChI=1S/C29H34ClN3O5S/c1-5-21(2)31-29(35)22(3)32(19-23-12-8-6-9-13-23)28(34)20-33(24-16-17-27(38-4)26(30)18-24)39(36,37)25-14-10-7-11-15-25/h6-18,21-22H,5,19-20H2,1-4H3,(H,31,35). The number of carbonyl (C=O) groups excluding carboxylic acids is 2. The van der Waals surface area contributed by atoms with Crippen LogP contribution in [0.5, 0.6) is 5.75 Å². The van der Waals surface area contributed by atoms with Crippen molar-refractivity contribution in [3.05, 3.63) is 89.4 Å². The summed E-state index contributed by atoms with van der Waals surface area (Å²) in [6.45, 7) is 5.05. The number of halogens is 1. The molecule has 0 aromatic heterocycles. The molecule has 0 aliphatic rings. The molecule has 2 atom stereocenters. The Morgan fingerprint density at radius 3 is 2.15 bits per heavy atom. The van der Waals surface area contributed by atoms with Crippen molar-refractivity contribution in [3.8, 4) is 5.75 Å². The quantitative estimate of drug-likeness (QED) is 0.334. The van der Waals surface area contributed by atoms with Crippen molar-refractivity contribution >= 4 is 39.1 Å². The zero-order chi connectivity index (χ0) is 28.6. The summed E-state index contributed by atoms with van der Waals surface area (Å²) in [6, 6.07) is 20.7. The molecule has 2 unspecified atom stereocenters. The minimum Gasteiger partial charge on any atom is -0.495 e. The highest BCUT2D eigenvalue weighted by atomic mass is 35.5. The molecule has 0 bridgehead atoms. The molecule has 8 nitrogen and oxygen atoms in total. The molecule has 0 spiro atoms. The Morgan fingerprint density at radius 1 is 0.974 bits per heavy atom. The lowest BCUT2D eigenvalue weighted by Crippen LogP contribution is -2.52. The number of ether oxygens (including phenoxy) is 1. The van der Waals surface area contributed by atoms with E-state index >= 15 is 0 Å². The number of carbonyl (C=O) groups is 2. The zero-order valence-electron chi connectivity index (χ0n) is 22.5. The Bertz CT molecular complexity index is 1370. The largest absolute Gasteiger partial charge is 0.495 e. The van der Waals surface area contributed by atoms with Crippen molar-refractivity contribution in [1.29, 1.82) is 0 Å². The van der Waals surface area contributed by atoms with Gasteiger partial charge in [-0.1, -0.05) is 67.1 Å². The first-order chi connectivity index (χ1) is 18.6. The maximum Gasteiger partial charge on any atom is 0.264 e. The summed E-state index contributed by atoms with van der Waals surface area (Å²) in [5, 5.41) is 3.11. The fourth-order valence-corrected chi connectivity index (χ4v) is 5.57. The minimum atomic E-state index is -4.17. The Balaban J connectivity index is 2.03. The molecule has 2 amide bonds. The van der Waals surface area contributed by atoms with E-state index in [1.807, 2.05) is 44.2 Å². The Kier molecular flexibility index (Phi) is 10.4. The normalized spacial score (nSPS) is 12.7. The molecule has 3 aromatic carbocycles. The van der Waals surface area contributed by atoms with Crippen LogP contribution in [0.25, 0.3) is 0 Å². The first kappa shape index (κ1) is 30.0. The average Bonchev–Trinajstić information content (AvgIpc) is 2.94. The van der Waals surface area contributed by atoms with E-state index in [1.54, 1.807) is 31.2 Å². The fraction of sp³-hybridized carbons (Fsp3) is 0.310. The summed E-state index contributed by atoms with van der Waals surface area (Å²) in [6.07, 6.45) is 0.729. The van der Waals surface area contributed by atoms with E-state index in [0.717, 1.165) is 16.3 Å². The lowest BCUT2D eigenvalue weighted by Gasteiger charge is -2.32. The Morgan fingerprint density at radius 2 is 1.59 bits per heavy atom. The molecule has 1 N–H and O–H groups in total. The third-order valence-electron chi connectivity index (χ3n) is 6.40. The van der Waals surface area contributed by atoms with Gasteiger partial charge in [0, 0.05) is 12.6 Å². The highest BCUT2D eigenvalue weighted by Gasteiger charge is 2.33. The zero-order valence-corrected chi connectivity index (χ0v) is 24.1. The van der Waals surface area contributed by atoms with Gasteiger partial charge in [-0.2, -0.15) is 0 Å². The first-order valence-corrected chi connectivity index (χ1v) is 14.4. The van der Waals surface area contributed by atoms with Crippen LogP contribution in [0.15, 0.2) is 83.8 Å². The number of rotatable bonds is 12. The van der Waals surface area contributed by atoms with Crippen LogP contribution >= 0.6 is 11.6 Å². The SMILES string of the molecule is CCC(C)NC(=O)C(C)N(Cc1ccccc1)C(=O)CN(c1ccc(OC)c(Cl)c1)S(=O)(=O)c1ccccc1. The predicted octanol–water partition coefficient (Wildman–Crippen LogP) is 4.88. The maximum atomic E-state index is 13.9. The summed E-state index contributed by atoms with van der Waals surface area (Å²) in [4.78, 5) is 28.4.